The Bertz CT molecular complexity index is 1060. The first-order chi connectivity index (χ1) is 15.9. The minimum atomic E-state index is -0.224. The van der Waals surface area contributed by atoms with Crippen LogP contribution in [-0.4, -0.2) is 66.0 Å². The number of hydrogen-bond acceptors (Lipinski definition) is 5. The van der Waals surface area contributed by atoms with E-state index < -0.39 is 0 Å². The van der Waals surface area contributed by atoms with Crippen LogP contribution in [0.25, 0.3) is 0 Å². The first kappa shape index (κ1) is 23.6. The zero-order chi connectivity index (χ0) is 23.5. The number of piperazine rings is 1. The molecule has 0 saturated carbocycles. The maximum Gasteiger partial charge on any atom is 0.322 e. The first-order valence-electron chi connectivity index (χ1n) is 11.2. The van der Waals surface area contributed by atoms with Crippen molar-refractivity contribution in [1.82, 2.24) is 20.1 Å². The summed E-state index contributed by atoms with van der Waals surface area (Å²) in [7, 11) is 0. The maximum atomic E-state index is 12.2. The van der Waals surface area contributed by atoms with E-state index in [0.717, 1.165) is 55.2 Å². The lowest BCUT2D eigenvalue weighted by Gasteiger charge is -2.36. The normalized spacial score (nSPS) is 16.4. The van der Waals surface area contributed by atoms with Gasteiger partial charge in [0, 0.05) is 62.1 Å². The molecular formula is C23H28Cl2N6O2. The average molecular weight is 491 g/mol. The van der Waals surface area contributed by atoms with Gasteiger partial charge in [-0.1, -0.05) is 23.2 Å². The van der Waals surface area contributed by atoms with Crippen molar-refractivity contribution >= 4 is 46.5 Å². The van der Waals surface area contributed by atoms with E-state index in [1.165, 1.54) is 0 Å². The van der Waals surface area contributed by atoms with Crippen molar-refractivity contribution < 1.29 is 9.59 Å². The van der Waals surface area contributed by atoms with Crippen LogP contribution in [-0.2, 0) is 13.1 Å². The summed E-state index contributed by atoms with van der Waals surface area (Å²) in [6.45, 7) is 9.56. The van der Waals surface area contributed by atoms with E-state index in [4.69, 9.17) is 23.2 Å². The molecular weight excluding hydrogens is 463 g/mol. The third-order valence-electron chi connectivity index (χ3n) is 6.03. The van der Waals surface area contributed by atoms with Gasteiger partial charge in [0.2, 0.25) is 0 Å². The Morgan fingerprint density at radius 2 is 1.91 bits per heavy atom. The van der Waals surface area contributed by atoms with Crippen LogP contribution in [0.2, 0.25) is 10.2 Å². The molecule has 0 unspecified atom stereocenters. The summed E-state index contributed by atoms with van der Waals surface area (Å²) in [6.07, 6.45) is 0. The van der Waals surface area contributed by atoms with E-state index in [2.05, 4.69) is 25.4 Å². The Labute approximate surface area is 203 Å². The van der Waals surface area contributed by atoms with Crippen molar-refractivity contribution in [3.63, 3.8) is 0 Å². The largest absolute Gasteiger partial charge is 0.366 e. The van der Waals surface area contributed by atoms with Crippen LogP contribution < -0.4 is 15.5 Å². The summed E-state index contributed by atoms with van der Waals surface area (Å²) < 4.78 is 0. The number of nitrogens with zero attached hydrogens (tertiary/aromatic N) is 4. The molecule has 1 saturated heterocycles. The monoisotopic (exact) mass is 490 g/mol. The molecule has 1 aromatic heterocycles. The summed E-state index contributed by atoms with van der Waals surface area (Å²) in [5.41, 5.74) is 4.00. The Balaban J connectivity index is 1.38. The quantitative estimate of drug-likeness (QED) is 0.601. The number of carbonyl (C=O) groups is 2. The molecule has 4 rings (SSSR count). The number of fused-ring (bicyclic) bond motifs is 1. The minimum absolute atomic E-state index is 0.0875. The molecule has 1 fully saturated rings. The number of anilines is 2. The number of benzene rings is 1. The van der Waals surface area contributed by atoms with Gasteiger partial charge in [-0.15, -0.1) is 0 Å². The Kier molecular flexibility index (Phi) is 7.26. The van der Waals surface area contributed by atoms with Gasteiger partial charge in [-0.3, -0.25) is 9.69 Å². The summed E-state index contributed by atoms with van der Waals surface area (Å²) in [5, 5.41) is 6.72. The lowest BCUT2D eigenvalue weighted by atomic mass is 10.1. The van der Waals surface area contributed by atoms with Crippen molar-refractivity contribution in [2.24, 2.45) is 0 Å². The van der Waals surface area contributed by atoms with Crippen LogP contribution in [0.3, 0.4) is 0 Å². The Morgan fingerprint density at radius 3 is 2.58 bits per heavy atom. The molecule has 0 bridgehead atoms. The van der Waals surface area contributed by atoms with Gasteiger partial charge in [-0.05, 0) is 43.7 Å². The first-order valence-corrected chi connectivity index (χ1v) is 11.9. The molecule has 0 atom stereocenters. The highest BCUT2D eigenvalue weighted by molar-refractivity contribution is 6.32. The molecule has 0 radical (unpaired) electrons. The molecule has 2 aliphatic heterocycles. The average Bonchev–Trinajstić information content (AvgIpc) is 2.79. The zero-order valence-electron chi connectivity index (χ0n) is 18.8. The lowest BCUT2D eigenvalue weighted by molar-refractivity contribution is 0.0951. The topological polar surface area (TPSA) is 80.8 Å². The summed E-state index contributed by atoms with van der Waals surface area (Å²) >= 11 is 12.9. The van der Waals surface area contributed by atoms with Crippen molar-refractivity contribution in [3.05, 3.63) is 51.3 Å². The van der Waals surface area contributed by atoms with Gasteiger partial charge < -0.3 is 20.4 Å². The second kappa shape index (κ2) is 10.2. The number of amides is 3. The number of urea groups is 1. The van der Waals surface area contributed by atoms with Gasteiger partial charge in [0.1, 0.15) is 5.69 Å². The maximum absolute atomic E-state index is 12.2. The number of hydrogen-bond donors (Lipinski definition) is 2. The molecule has 3 amide bonds. The molecule has 176 valence electrons. The number of halogens is 2. The number of aromatic nitrogens is 1. The summed E-state index contributed by atoms with van der Waals surface area (Å²) in [5.74, 6) is -0.224. The number of rotatable bonds is 6. The highest BCUT2D eigenvalue weighted by atomic mass is 35.5. The molecule has 2 aliphatic rings. The van der Waals surface area contributed by atoms with Crippen LogP contribution in [0.5, 0.6) is 0 Å². The fourth-order valence-corrected chi connectivity index (χ4v) is 4.79. The fourth-order valence-electron chi connectivity index (χ4n) is 4.21. The standard InChI is InChI=1S/C23H28Cl2N6O2/c1-3-26-22(32)18-5-6-20(21(25)27-18)31-9-7-29(8-10-31)13-15-11-17(24)16-14-30(4-2)23(33)28-19(16)12-15/h5-6,11-12H,3-4,7-10,13-14H2,1-2H3,(H,26,32)(H,28,33). The van der Waals surface area contributed by atoms with Crippen LogP contribution in [0.15, 0.2) is 24.3 Å². The molecule has 33 heavy (non-hydrogen) atoms. The molecule has 1 aromatic carbocycles. The van der Waals surface area contributed by atoms with Crippen molar-refractivity contribution in [2.45, 2.75) is 26.9 Å². The minimum Gasteiger partial charge on any atom is -0.366 e. The predicted octanol–water partition coefficient (Wildman–Crippen LogP) is 3.83. The van der Waals surface area contributed by atoms with Crippen LogP contribution in [0, 0.1) is 0 Å². The Hall–Kier alpha value is -2.55. The van der Waals surface area contributed by atoms with Crippen molar-refractivity contribution in [2.75, 3.05) is 49.5 Å². The van der Waals surface area contributed by atoms with Gasteiger partial charge >= 0.3 is 6.03 Å². The second-order valence-electron chi connectivity index (χ2n) is 8.18. The summed E-state index contributed by atoms with van der Waals surface area (Å²) in [6, 6.07) is 7.51. The third kappa shape index (κ3) is 5.18. The van der Waals surface area contributed by atoms with Crippen LogP contribution >= 0.6 is 23.2 Å². The van der Waals surface area contributed by atoms with Gasteiger partial charge in [0.05, 0.1) is 12.2 Å². The SMILES string of the molecule is CCNC(=O)c1ccc(N2CCN(Cc3cc(Cl)c4c(c3)NC(=O)N(CC)C4)CC2)c(Cl)n1. The third-order valence-corrected chi connectivity index (χ3v) is 6.65. The fraction of sp³-hybridized carbons (Fsp3) is 0.435. The van der Waals surface area contributed by atoms with E-state index in [1.807, 2.05) is 32.0 Å². The van der Waals surface area contributed by atoms with Gasteiger partial charge in [0.25, 0.3) is 5.91 Å². The molecule has 2 aromatic rings. The number of nitrogens with one attached hydrogen (secondary N) is 2. The zero-order valence-corrected chi connectivity index (χ0v) is 20.3. The predicted molar refractivity (Wildman–Crippen MR) is 131 cm³/mol. The molecule has 2 N–H and O–H groups in total. The van der Waals surface area contributed by atoms with Gasteiger partial charge in [-0.2, -0.15) is 0 Å². The van der Waals surface area contributed by atoms with E-state index in [0.29, 0.717) is 35.5 Å². The smallest absolute Gasteiger partial charge is 0.322 e. The molecule has 10 heteroatoms. The molecule has 3 heterocycles. The van der Waals surface area contributed by atoms with Gasteiger partial charge in [0.15, 0.2) is 5.15 Å². The highest BCUT2D eigenvalue weighted by Gasteiger charge is 2.25. The van der Waals surface area contributed by atoms with Crippen LogP contribution in [0.1, 0.15) is 35.5 Å². The van der Waals surface area contributed by atoms with Gasteiger partial charge in [-0.25, -0.2) is 9.78 Å². The second-order valence-corrected chi connectivity index (χ2v) is 8.94. The van der Waals surface area contributed by atoms with Crippen LogP contribution in [0.4, 0.5) is 16.2 Å². The number of pyridine rings is 1. The van der Waals surface area contributed by atoms with E-state index in [1.54, 1.807) is 11.0 Å². The van der Waals surface area contributed by atoms with Crippen molar-refractivity contribution in [1.29, 1.82) is 0 Å². The lowest BCUT2D eigenvalue weighted by Crippen LogP contribution is -2.46. The van der Waals surface area contributed by atoms with E-state index >= 15 is 0 Å². The van der Waals surface area contributed by atoms with Crippen molar-refractivity contribution in [3.8, 4) is 0 Å². The van der Waals surface area contributed by atoms with E-state index in [-0.39, 0.29) is 11.9 Å². The number of carbonyl (C=O) groups excluding carboxylic acids is 2. The molecule has 0 spiro atoms. The molecule has 8 nitrogen and oxygen atoms in total. The molecule has 0 aliphatic carbocycles. The van der Waals surface area contributed by atoms with E-state index in [9.17, 15) is 9.59 Å². The summed E-state index contributed by atoms with van der Waals surface area (Å²) in [4.78, 5) is 34.7. The Morgan fingerprint density at radius 1 is 1.15 bits per heavy atom. The highest BCUT2D eigenvalue weighted by Crippen LogP contribution is 2.32.